The van der Waals surface area contributed by atoms with Crippen molar-refractivity contribution in [3.8, 4) is 0 Å². The molecule has 0 saturated heterocycles. The molecule has 0 atom stereocenters. The third kappa shape index (κ3) is 4.27. The van der Waals surface area contributed by atoms with Crippen LogP contribution in [0.25, 0.3) is 0 Å². The van der Waals surface area contributed by atoms with Gasteiger partial charge in [0.05, 0.1) is 10.6 Å². The van der Waals surface area contributed by atoms with Gasteiger partial charge < -0.3 is 4.57 Å². The molecule has 0 spiro atoms. The van der Waals surface area contributed by atoms with Crippen molar-refractivity contribution in [2.75, 3.05) is 0 Å². The lowest BCUT2D eigenvalue weighted by atomic mass is 10.1. The van der Waals surface area contributed by atoms with Crippen LogP contribution >= 0.6 is 22.9 Å². The van der Waals surface area contributed by atoms with Crippen molar-refractivity contribution in [3.05, 3.63) is 80.6 Å². The Kier molecular flexibility index (Phi) is 5.51. The third-order valence-corrected chi connectivity index (χ3v) is 5.53. The fraction of sp³-hybridized carbons (Fsp3) is 0.200. The Morgan fingerprint density at radius 2 is 1.80 bits per heavy atom. The minimum atomic E-state index is 0.0773. The maximum absolute atomic E-state index is 11.9. The zero-order valence-electron chi connectivity index (χ0n) is 14.2. The molecule has 0 N–H and O–H groups in total. The molecule has 0 unspecified atom stereocenters. The Morgan fingerprint density at radius 3 is 2.44 bits per heavy atom. The molecule has 128 valence electrons. The summed E-state index contributed by atoms with van der Waals surface area (Å²) in [6, 6.07) is 17.7. The van der Waals surface area contributed by atoms with Gasteiger partial charge in [-0.2, -0.15) is 0 Å². The Hall–Kier alpha value is -2.17. The lowest BCUT2D eigenvalue weighted by Crippen LogP contribution is -2.17. The summed E-state index contributed by atoms with van der Waals surface area (Å²) < 4.78 is 2.13. The number of halogens is 1. The molecule has 2 aromatic carbocycles. The minimum Gasteiger partial charge on any atom is -0.320 e. The van der Waals surface area contributed by atoms with Gasteiger partial charge in [0, 0.05) is 24.2 Å². The van der Waals surface area contributed by atoms with Gasteiger partial charge >= 0.3 is 0 Å². The van der Waals surface area contributed by atoms with Crippen LogP contribution < -0.4 is 4.80 Å². The molecular weight excluding hydrogens is 352 g/mol. The first-order valence-corrected chi connectivity index (χ1v) is 9.29. The number of ketones is 1. The Balaban J connectivity index is 2.00. The summed E-state index contributed by atoms with van der Waals surface area (Å²) in [5.74, 6) is 0.0773. The monoisotopic (exact) mass is 370 g/mol. The lowest BCUT2D eigenvalue weighted by molar-refractivity contribution is 0.102. The van der Waals surface area contributed by atoms with Crippen molar-refractivity contribution in [2.24, 2.45) is 4.99 Å². The van der Waals surface area contributed by atoms with Crippen molar-refractivity contribution in [3.63, 3.8) is 0 Å². The van der Waals surface area contributed by atoms with Gasteiger partial charge in [0.2, 0.25) is 0 Å². The van der Waals surface area contributed by atoms with E-state index in [-0.39, 0.29) is 5.78 Å². The largest absolute Gasteiger partial charge is 0.320 e. The quantitative estimate of drug-likeness (QED) is 0.569. The number of carbonyl (C=O) groups is 1. The fourth-order valence-electron chi connectivity index (χ4n) is 2.67. The summed E-state index contributed by atoms with van der Waals surface area (Å²) in [5.41, 5.74) is 3.07. The Morgan fingerprint density at radius 1 is 1.12 bits per heavy atom. The number of rotatable bonds is 5. The van der Waals surface area contributed by atoms with Gasteiger partial charge in [-0.25, -0.2) is 4.99 Å². The summed E-state index contributed by atoms with van der Waals surface area (Å²) >= 11 is 7.39. The van der Waals surface area contributed by atoms with Crippen LogP contribution in [0.1, 0.15) is 27.9 Å². The standard InChI is InChI=1S/C20H19ClN2OS/c1-14-19(15(2)24)25-20(22-18-10-8-17(21)9-11-18)23(14)13-12-16-6-4-3-5-7-16/h3-11H,12-13H2,1-2H3. The van der Waals surface area contributed by atoms with E-state index in [9.17, 15) is 4.79 Å². The van der Waals surface area contributed by atoms with Crippen molar-refractivity contribution in [2.45, 2.75) is 26.8 Å². The summed E-state index contributed by atoms with van der Waals surface area (Å²) in [6.45, 7) is 4.37. The third-order valence-electron chi connectivity index (χ3n) is 4.00. The van der Waals surface area contributed by atoms with Gasteiger partial charge in [0.15, 0.2) is 10.6 Å². The number of carbonyl (C=O) groups excluding carboxylic acids is 1. The second-order valence-electron chi connectivity index (χ2n) is 5.83. The average molecular weight is 371 g/mol. The van der Waals surface area contributed by atoms with Gasteiger partial charge in [-0.3, -0.25) is 4.79 Å². The SMILES string of the molecule is CC(=O)c1sc(=Nc2ccc(Cl)cc2)n(CCc2ccccc2)c1C. The molecule has 0 saturated carbocycles. The fourth-order valence-corrected chi connectivity index (χ4v) is 3.87. The van der Waals surface area contributed by atoms with Gasteiger partial charge in [-0.15, -0.1) is 0 Å². The molecule has 3 rings (SSSR count). The molecule has 0 aliphatic carbocycles. The molecule has 1 heterocycles. The smallest absolute Gasteiger partial charge is 0.190 e. The van der Waals surface area contributed by atoms with Crippen LogP contribution in [-0.2, 0) is 13.0 Å². The van der Waals surface area contributed by atoms with Crippen LogP contribution in [0.2, 0.25) is 5.02 Å². The van der Waals surface area contributed by atoms with E-state index in [0.29, 0.717) is 5.02 Å². The molecular formula is C20H19ClN2OS. The van der Waals surface area contributed by atoms with E-state index in [1.54, 1.807) is 6.92 Å². The second kappa shape index (κ2) is 7.81. The summed E-state index contributed by atoms with van der Waals surface area (Å²) in [6.07, 6.45) is 0.892. The molecule has 25 heavy (non-hydrogen) atoms. The molecule has 0 fully saturated rings. The van der Waals surface area contributed by atoms with Crippen molar-refractivity contribution in [1.29, 1.82) is 0 Å². The van der Waals surface area contributed by atoms with Crippen LogP contribution in [0.4, 0.5) is 5.69 Å². The van der Waals surface area contributed by atoms with Gasteiger partial charge in [-0.05, 0) is 43.2 Å². The number of aromatic nitrogens is 1. The van der Waals surface area contributed by atoms with E-state index in [4.69, 9.17) is 16.6 Å². The zero-order chi connectivity index (χ0) is 17.8. The van der Waals surface area contributed by atoms with Crippen LogP contribution in [0, 0.1) is 6.92 Å². The highest BCUT2D eigenvalue weighted by atomic mass is 35.5. The number of nitrogens with zero attached hydrogens (tertiary/aromatic N) is 2. The van der Waals surface area contributed by atoms with E-state index in [1.165, 1.54) is 16.9 Å². The van der Waals surface area contributed by atoms with Crippen LogP contribution in [0.15, 0.2) is 59.6 Å². The number of Topliss-reactive ketones (excluding diaryl/α,β-unsaturated/α-hetero) is 1. The lowest BCUT2D eigenvalue weighted by Gasteiger charge is -2.07. The predicted molar refractivity (Wildman–Crippen MR) is 104 cm³/mol. The van der Waals surface area contributed by atoms with Gasteiger partial charge in [-0.1, -0.05) is 53.3 Å². The number of thiazole rings is 1. The highest BCUT2D eigenvalue weighted by Gasteiger charge is 2.13. The van der Waals surface area contributed by atoms with E-state index in [2.05, 4.69) is 16.7 Å². The highest BCUT2D eigenvalue weighted by Crippen LogP contribution is 2.18. The summed E-state index contributed by atoms with van der Waals surface area (Å²) in [5, 5.41) is 0.683. The minimum absolute atomic E-state index is 0.0773. The molecule has 5 heteroatoms. The Labute approximate surface area is 156 Å². The van der Waals surface area contributed by atoms with Gasteiger partial charge in [0.25, 0.3) is 0 Å². The molecule has 1 aromatic heterocycles. The number of benzene rings is 2. The highest BCUT2D eigenvalue weighted by molar-refractivity contribution is 7.11. The predicted octanol–water partition coefficient (Wildman–Crippen LogP) is 5.19. The number of aryl methyl sites for hydroxylation is 1. The first-order chi connectivity index (χ1) is 12.0. The van der Waals surface area contributed by atoms with Gasteiger partial charge in [0.1, 0.15) is 0 Å². The van der Waals surface area contributed by atoms with E-state index in [0.717, 1.165) is 34.0 Å². The number of hydrogen-bond donors (Lipinski definition) is 0. The Bertz CT molecular complexity index is 940. The van der Waals surface area contributed by atoms with Crippen molar-refractivity contribution >= 4 is 34.4 Å². The maximum Gasteiger partial charge on any atom is 0.190 e. The van der Waals surface area contributed by atoms with Crippen LogP contribution in [0.5, 0.6) is 0 Å². The molecule has 3 aromatic rings. The van der Waals surface area contributed by atoms with E-state index < -0.39 is 0 Å². The van der Waals surface area contributed by atoms with E-state index >= 15 is 0 Å². The molecule has 0 aliphatic rings. The van der Waals surface area contributed by atoms with Crippen molar-refractivity contribution in [1.82, 2.24) is 4.57 Å². The van der Waals surface area contributed by atoms with Crippen LogP contribution in [0.3, 0.4) is 0 Å². The molecule has 0 radical (unpaired) electrons. The zero-order valence-corrected chi connectivity index (χ0v) is 15.8. The molecule has 0 aliphatic heterocycles. The second-order valence-corrected chi connectivity index (χ2v) is 7.24. The summed E-state index contributed by atoms with van der Waals surface area (Å²) in [4.78, 5) is 18.3. The van der Waals surface area contributed by atoms with Crippen LogP contribution in [-0.4, -0.2) is 10.4 Å². The first kappa shape index (κ1) is 17.6. The number of hydrogen-bond acceptors (Lipinski definition) is 3. The maximum atomic E-state index is 11.9. The topological polar surface area (TPSA) is 34.4 Å². The van der Waals surface area contributed by atoms with E-state index in [1.807, 2.05) is 49.4 Å². The van der Waals surface area contributed by atoms with Crippen molar-refractivity contribution < 1.29 is 4.79 Å². The molecule has 0 amide bonds. The normalized spacial score (nSPS) is 11.7. The average Bonchev–Trinajstić information content (AvgIpc) is 2.92. The molecule has 0 bridgehead atoms. The first-order valence-electron chi connectivity index (χ1n) is 8.10. The summed E-state index contributed by atoms with van der Waals surface area (Å²) in [7, 11) is 0. The molecule has 3 nitrogen and oxygen atoms in total.